The molecule has 0 saturated heterocycles. The maximum atomic E-state index is 12.1. The summed E-state index contributed by atoms with van der Waals surface area (Å²) >= 11 is 1.73. The van der Waals surface area contributed by atoms with Crippen molar-refractivity contribution in [1.82, 2.24) is 9.80 Å². The molecule has 0 aliphatic carbocycles. The predicted molar refractivity (Wildman–Crippen MR) is 76.4 cm³/mol. The number of rotatable bonds is 9. The van der Waals surface area contributed by atoms with Crippen molar-refractivity contribution in [1.29, 1.82) is 0 Å². The minimum absolute atomic E-state index is 0.0998. The molecule has 0 aromatic heterocycles. The van der Waals surface area contributed by atoms with Crippen molar-refractivity contribution in [3.63, 3.8) is 0 Å². The van der Waals surface area contributed by atoms with Gasteiger partial charge in [0.15, 0.2) is 0 Å². The van der Waals surface area contributed by atoms with Gasteiger partial charge in [-0.1, -0.05) is 6.92 Å². The summed E-state index contributed by atoms with van der Waals surface area (Å²) in [6, 6.07) is -0.337. The van der Waals surface area contributed by atoms with Crippen LogP contribution in [-0.4, -0.2) is 67.5 Å². The number of amides is 1. The second-order valence-corrected chi connectivity index (χ2v) is 5.50. The normalized spacial score (nSPS) is 12.8. The zero-order valence-corrected chi connectivity index (χ0v) is 12.4. The summed E-state index contributed by atoms with van der Waals surface area (Å²) in [5.74, 6) is 1.04. The van der Waals surface area contributed by atoms with Crippen LogP contribution in [0, 0.1) is 0 Å². The van der Waals surface area contributed by atoms with Gasteiger partial charge in [0.25, 0.3) is 0 Å². The summed E-state index contributed by atoms with van der Waals surface area (Å²) in [7, 11) is 4.03. The van der Waals surface area contributed by atoms with E-state index in [0.29, 0.717) is 0 Å². The van der Waals surface area contributed by atoms with Crippen LogP contribution in [0.4, 0.5) is 0 Å². The number of thioether (sulfide) groups is 1. The lowest BCUT2D eigenvalue weighted by Crippen LogP contribution is -2.46. The fraction of sp³-hybridized carbons (Fsp3) is 0.917. The molecule has 17 heavy (non-hydrogen) atoms. The zero-order valence-electron chi connectivity index (χ0n) is 11.6. The van der Waals surface area contributed by atoms with Gasteiger partial charge in [-0.25, -0.2) is 0 Å². The summed E-state index contributed by atoms with van der Waals surface area (Å²) < 4.78 is 0. The van der Waals surface area contributed by atoms with Gasteiger partial charge in [-0.15, -0.1) is 0 Å². The summed E-state index contributed by atoms with van der Waals surface area (Å²) in [6.45, 7) is 4.55. The molecule has 4 nitrogen and oxygen atoms in total. The van der Waals surface area contributed by atoms with E-state index in [0.717, 1.165) is 38.2 Å². The van der Waals surface area contributed by atoms with Crippen LogP contribution in [0.3, 0.4) is 0 Å². The number of carbonyl (C=O) groups excluding carboxylic acids is 1. The molecular weight excluding hydrogens is 234 g/mol. The molecule has 0 aromatic rings. The van der Waals surface area contributed by atoms with E-state index in [1.165, 1.54) is 0 Å². The minimum Gasteiger partial charge on any atom is -0.340 e. The molecule has 0 aromatic carbocycles. The van der Waals surface area contributed by atoms with Gasteiger partial charge in [-0.05, 0) is 38.9 Å². The van der Waals surface area contributed by atoms with Gasteiger partial charge >= 0.3 is 0 Å². The van der Waals surface area contributed by atoms with Crippen molar-refractivity contribution in [3.05, 3.63) is 0 Å². The Morgan fingerprint density at radius 1 is 1.29 bits per heavy atom. The van der Waals surface area contributed by atoms with Crippen LogP contribution in [-0.2, 0) is 4.79 Å². The SMILES string of the molecule is CCCN(CCN(C)C)C(=O)[C@H](N)CCSC. The molecule has 0 rings (SSSR count). The van der Waals surface area contributed by atoms with Crippen LogP contribution in [0.15, 0.2) is 0 Å². The molecule has 0 heterocycles. The number of carbonyl (C=O) groups is 1. The van der Waals surface area contributed by atoms with E-state index >= 15 is 0 Å². The lowest BCUT2D eigenvalue weighted by molar-refractivity contribution is -0.132. The average molecular weight is 261 g/mol. The van der Waals surface area contributed by atoms with Crippen molar-refractivity contribution in [2.45, 2.75) is 25.8 Å². The average Bonchev–Trinajstić information content (AvgIpc) is 2.30. The smallest absolute Gasteiger partial charge is 0.239 e. The molecule has 0 saturated carbocycles. The first-order valence-electron chi connectivity index (χ1n) is 6.21. The molecule has 0 aliphatic heterocycles. The molecule has 0 fully saturated rings. The standard InChI is InChI=1S/C12H27N3OS/c1-5-7-15(9-8-14(2)3)12(16)11(13)6-10-17-4/h11H,5-10,13H2,1-4H3/t11-/m1/s1. The molecule has 2 N–H and O–H groups in total. The number of nitrogens with two attached hydrogens (primary N) is 1. The first-order valence-corrected chi connectivity index (χ1v) is 7.60. The van der Waals surface area contributed by atoms with Crippen LogP contribution in [0.2, 0.25) is 0 Å². The van der Waals surface area contributed by atoms with E-state index in [4.69, 9.17) is 5.73 Å². The fourth-order valence-corrected chi connectivity index (χ4v) is 2.02. The number of likely N-dealkylation sites (N-methyl/N-ethyl adjacent to an activating group) is 1. The van der Waals surface area contributed by atoms with Crippen LogP contribution in [0.5, 0.6) is 0 Å². The lowest BCUT2D eigenvalue weighted by atomic mass is 10.2. The third kappa shape index (κ3) is 7.63. The molecule has 102 valence electrons. The van der Waals surface area contributed by atoms with Gasteiger partial charge in [0.2, 0.25) is 5.91 Å². The molecule has 0 bridgehead atoms. The maximum absolute atomic E-state index is 12.1. The molecule has 0 radical (unpaired) electrons. The van der Waals surface area contributed by atoms with Crippen molar-refractivity contribution >= 4 is 17.7 Å². The quantitative estimate of drug-likeness (QED) is 0.669. The van der Waals surface area contributed by atoms with E-state index in [9.17, 15) is 4.79 Å². The molecule has 5 heteroatoms. The predicted octanol–water partition coefficient (Wildman–Crippen LogP) is 0.867. The third-order valence-corrected chi connectivity index (χ3v) is 3.22. The van der Waals surface area contributed by atoms with E-state index in [1.54, 1.807) is 11.8 Å². The zero-order chi connectivity index (χ0) is 13.3. The Morgan fingerprint density at radius 2 is 1.94 bits per heavy atom. The number of hydrogen-bond donors (Lipinski definition) is 1. The Hall–Kier alpha value is -0.260. The van der Waals surface area contributed by atoms with E-state index in [1.807, 2.05) is 25.3 Å². The highest BCUT2D eigenvalue weighted by atomic mass is 32.2. The summed E-state index contributed by atoms with van der Waals surface area (Å²) in [4.78, 5) is 16.1. The van der Waals surface area contributed by atoms with Crippen LogP contribution in [0.25, 0.3) is 0 Å². The van der Waals surface area contributed by atoms with E-state index in [2.05, 4.69) is 11.8 Å². The van der Waals surface area contributed by atoms with E-state index < -0.39 is 0 Å². The van der Waals surface area contributed by atoms with Crippen LogP contribution >= 0.6 is 11.8 Å². The van der Waals surface area contributed by atoms with Crippen molar-refractivity contribution in [2.24, 2.45) is 5.73 Å². The highest BCUT2D eigenvalue weighted by Gasteiger charge is 2.19. The van der Waals surface area contributed by atoms with Gasteiger partial charge in [-0.3, -0.25) is 4.79 Å². The Labute approximate surface area is 110 Å². The Balaban J connectivity index is 4.21. The van der Waals surface area contributed by atoms with Crippen LogP contribution in [0.1, 0.15) is 19.8 Å². The van der Waals surface area contributed by atoms with Gasteiger partial charge in [0.05, 0.1) is 6.04 Å². The van der Waals surface area contributed by atoms with Crippen molar-refractivity contribution < 1.29 is 4.79 Å². The largest absolute Gasteiger partial charge is 0.340 e. The Morgan fingerprint density at radius 3 is 2.41 bits per heavy atom. The monoisotopic (exact) mass is 261 g/mol. The molecule has 0 aliphatic rings. The number of hydrogen-bond acceptors (Lipinski definition) is 4. The molecule has 1 atom stereocenters. The summed E-state index contributed by atoms with van der Waals surface area (Å²) in [5.41, 5.74) is 5.92. The summed E-state index contributed by atoms with van der Waals surface area (Å²) in [5, 5.41) is 0. The molecule has 0 spiro atoms. The lowest BCUT2D eigenvalue weighted by Gasteiger charge is -2.26. The first kappa shape index (κ1) is 16.7. The van der Waals surface area contributed by atoms with Crippen molar-refractivity contribution in [2.75, 3.05) is 45.7 Å². The third-order valence-electron chi connectivity index (χ3n) is 2.57. The van der Waals surface area contributed by atoms with Gasteiger partial charge in [0, 0.05) is 19.6 Å². The highest BCUT2D eigenvalue weighted by molar-refractivity contribution is 7.98. The second kappa shape index (κ2) is 9.74. The topological polar surface area (TPSA) is 49.6 Å². The van der Waals surface area contributed by atoms with Crippen LogP contribution < -0.4 is 5.73 Å². The van der Waals surface area contributed by atoms with Gasteiger partial charge in [-0.2, -0.15) is 11.8 Å². The Bertz CT molecular complexity index is 212. The van der Waals surface area contributed by atoms with E-state index in [-0.39, 0.29) is 11.9 Å². The molecular formula is C12H27N3OS. The van der Waals surface area contributed by atoms with Gasteiger partial charge in [0.1, 0.15) is 0 Å². The van der Waals surface area contributed by atoms with Gasteiger partial charge < -0.3 is 15.5 Å². The first-order chi connectivity index (χ1) is 8.02. The molecule has 1 amide bonds. The molecule has 0 unspecified atom stereocenters. The summed E-state index contributed by atoms with van der Waals surface area (Å²) in [6.07, 6.45) is 3.78. The minimum atomic E-state index is -0.337. The van der Waals surface area contributed by atoms with Crippen molar-refractivity contribution in [3.8, 4) is 0 Å². The number of nitrogens with zero attached hydrogens (tertiary/aromatic N) is 2. The highest BCUT2D eigenvalue weighted by Crippen LogP contribution is 2.03. The Kier molecular flexibility index (Phi) is 9.59. The fourth-order valence-electron chi connectivity index (χ4n) is 1.53. The maximum Gasteiger partial charge on any atom is 0.239 e. The second-order valence-electron chi connectivity index (χ2n) is 4.52.